The second-order valence-electron chi connectivity index (χ2n) is 6.56. The molecule has 0 radical (unpaired) electrons. The highest BCUT2D eigenvalue weighted by Crippen LogP contribution is 2.23. The number of nitrogens with one attached hydrogen (secondary N) is 2. The number of H-pyrrole nitrogens is 1. The van der Waals surface area contributed by atoms with Gasteiger partial charge in [-0.25, -0.2) is 15.0 Å². The summed E-state index contributed by atoms with van der Waals surface area (Å²) in [4.78, 5) is 29.5. The van der Waals surface area contributed by atoms with Gasteiger partial charge in [0, 0.05) is 5.69 Å². The molecular weight excluding hydrogens is 370 g/mol. The standard InChI is InChI=1S/C21H17N5OS/c27-21(22-12-19-24-15-8-3-4-11-18(15)28-19)17-10-5-9-16(23-17)20-25-13-6-1-2-7-14(13)26-20/h1,3-6,8-11H,2,7,12H2,(H,22,27)(H,25,26). The van der Waals surface area contributed by atoms with Gasteiger partial charge in [0.05, 0.1) is 22.5 Å². The van der Waals surface area contributed by atoms with Crippen LogP contribution in [0.1, 0.15) is 33.3 Å². The van der Waals surface area contributed by atoms with Gasteiger partial charge in [-0.15, -0.1) is 11.3 Å². The van der Waals surface area contributed by atoms with E-state index in [0.717, 1.165) is 39.5 Å². The Morgan fingerprint density at radius 2 is 2.04 bits per heavy atom. The lowest BCUT2D eigenvalue weighted by Gasteiger charge is -2.04. The Bertz CT molecular complexity index is 1170. The number of hydrogen-bond donors (Lipinski definition) is 2. The zero-order valence-corrected chi connectivity index (χ0v) is 15.8. The molecule has 6 nitrogen and oxygen atoms in total. The van der Waals surface area contributed by atoms with Gasteiger partial charge in [-0.1, -0.05) is 24.3 Å². The molecule has 1 aliphatic carbocycles. The molecule has 0 fully saturated rings. The van der Waals surface area contributed by atoms with Crippen LogP contribution in [0.3, 0.4) is 0 Å². The lowest BCUT2D eigenvalue weighted by molar-refractivity contribution is 0.0946. The molecule has 5 rings (SSSR count). The Balaban J connectivity index is 1.33. The van der Waals surface area contributed by atoms with E-state index in [4.69, 9.17) is 0 Å². The van der Waals surface area contributed by atoms with Crippen LogP contribution in [-0.2, 0) is 13.0 Å². The summed E-state index contributed by atoms with van der Waals surface area (Å²) < 4.78 is 1.11. The van der Waals surface area contributed by atoms with Gasteiger partial charge in [0.2, 0.25) is 0 Å². The lowest BCUT2D eigenvalue weighted by atomic mass is 10.1. The summed E-state index contributed by atoms with van der Waals surface area (Å²) >= 11 is 1.58. The summed E-state index contributed by atoms with van der Waals surface area (Å²) in [6, 6.07) is 13.3. The third kappa shape index (κ3) is 3.20. The van der Waals surface area contributed by atoms with Crippen LogP contribution in [0, 0.1) is 0 Å². The Morgan fingerprint density at radius 1 is 1.11 bits per heavy atom. The fourth-order valence-corrected chi connectivity index (χ4v) is 4.14. The molecule has 2 N–H and O–H groups in total. The molecule has 1 aromatic carbocycles. The third-order valence-corrected chi connectivity index (χ3v) is 5.65. The molecule has 0 aliphatic heterocycles. The molecule has 0 saturated carbocycles. The second kappa shape index (κ2) is 7.01. The van der Waals surface area contributed by atoms with Crippen LogP contribution in [0.5, 0.6) is 0 Å². The number of carbonyl (C=O) groups is 1. The molecule has 1 amide bonds. The summed E-state index contributed by atoms with van der Waals surface area (Å²) in [6.07, 6.45) is 6.09. The number of aryl methyl sites for hydroxylation is 1. The van der Waals surface area contributed by atoms with Crippen molar-refractivity contribution in [1.82, 2.24) is 25.3 Å². The largest absolute Gasteiger partial charge is 0.344 e. The maximum atomic E-state index is 12.6. The summed E-state index contributed by atoms with van der Waals surface area (Å²) in [5.41, 5.74) is 4.05. The number of imidazole rings is 1. The highest BCUT2D eigenvalue weighted by Gasteiger charge is 2.15. The zero-order valence-electron chi connectivity index (χ0n) is 15.0. The van der Waals surface area contributed by atoms with Crippen LogP contribution in [-0.4, -0.2) is 25.8 Å². The normalized spacial score (nSPS) is 12.9. The fourth-order valence-electron chi connectivity index (χ4n) is 3.23. The minimum Gasteiger partial charge on any atom is -0.344 e. The minimum atomic E-state index is -0.225. The number of amides is 1. The zero-order chi connectivity index (χ0) is 18.9. The lowest BCUT2D eigenvalue weighted by Crippen LogP contribution is -2.23. The summed E-state index contributed by atoms with van der Waals surface area (Å²) in [6.45, 7) is 0.379. The number of carbonyl (C=O) groups excluding carboxylic acids is 1. The number of fused-ring (bicyclic) bond motifs is 2. The Hall–Kier alpha value is -3.32. The topological polar surface area (TPSA) is 83.6 Å². The second-order valence-corrected chi connectivity index (χ2v) is 7.67. The number of thiazole rings is 1. The molecule has 3 aromatic heterocycles. The van der Waals surface area contributed by atoms with Crippen LogP contribution in [0.4, 0.5) is 0 Å². The van der Waals surface area contributed by atoms with Crippen LogP contribution >= 0.6 is 11.3 Å². The van der Waals surface area contributed by atoms with E-state index in [1.54, 1.807) is 17.4 Å². The van der Waals surface area contributed by atoms with Gasteiger partial charge in [-0.05, 0) is 43.2 Å². The van der Waals surface area contributed by atoms with Crippen LogP contribution in [0.15, 0.2) is 48.5 Å². The molecule has 1 aliphatic rings. The van der Waals surface area contributed by atoms with Crippen molar-refractivity contribution in [2.24, 2.45) is 0 Å². The van der Waals surface area contributed by atoms with Gasteiger partial charge < -0.3 is 10.3 Å². The first-order valence-corrected chi connectivity index (χ1v) is 9.93. The number of nitrogens with zero attached hydrogens (tertiary/aromatic N) is 3. The highest BCUT2D eigenvalue weighted by molar-refractivity contribution is 7.18. The van der Waals surface area contributed by atoms with E-state index >= 15 is 0 Å². The molecule has 28 heavy (non-hydrogen) atoms. The number of aromatic nitrogens is 4. The van der Waals surface area contributed by atoms with Gasteiger partial charge in [-0.2, -0.15) is 0 Å². The Morgan fingerprint density at radius 3 is 2.93 bits per heavy atom. The molecule has 0 bridgehead atoms. The van der Waals surface area contributed by atoms with Gasteiger partial charge >= 0.3 is 0 Å². The van der Waals surface area contributed by atoms with Crippen molar-refractivity contribution in [3.8, 4) is 11.5 Å². The monoisotopic (exact) mass is 387 g/mol. The number of para-hydroxylation sites is 1. The maximum Gasteiger partial charge on any atom is 0.270 e. The van der Waals surface area contributed by atoms with E-state index in [1.807, 2.05) is 42.5 Å². The van der Waals surface area contributed by atoms with Gasteiger partial charge in [-0.3, -0.25) is 4.79 Å². The van der Waals surface area contributed by atoms with Crippen molar-refractivity contribution in [3.05, 3.63) is 70.6 Å². The van der Waals surface area contributed by atoms with E-state index in [9.17, 15) is 4.79 Å². The Kier molecular flexibility index (Phi) is 4.21. The smallest absolute Gasteiger partial charge is 0.270 e. The summed E-state index contributed by atoms with van der Waals surface area (Å²) in [5.74, 6) is 0.467. The molecule has 7 heteroatoms. The molecule has 0 atom stereocenters. The number of aromatic amines is 1. The fraction of sp³-hybridized carbons (Fsp3) is 0.143. The van der Waals surface area contributed by atoms with Gasteiger partial charge in [0.25, 0.3) is 5.91 Å². The molecule has 0 spiro atoms. The Labute approximate surface area is 165 Å². The molecule has 0 saturated heterocycles. The van der Waals surface area contributed by atoms with Crippen molar-refractivity contribution in [2.45, 2.75) is 19.4 Å². The quantitative estimate of drug-likeness (QED) is 0.555. The van der Waals surface area contributed by atoms with Crippen molar-refractivity contribution >= 4 is 33.5 Å². The molecule has 3 heterocycles. The van der Waals surface area contributed by atoms with Crippen LogP contribution < -0.4 is 5.32 Å². The predicted octanol–water partition coefficient (Wildman–Crippen LogP) is 3.97. The SMILES string of the molecule is O=C(NCc1nc2ccccc2s1)c1cccc(-c2nc3c([nH]2)CCC=C3)n1. The van der Waals surface area contributed by atoms with E-state index < -0.39 is 0 Å². The first-order chi connectivity index (χ1) is 13.8. The van der Waals surface area contributed by atoms with Gasteiger partial charge in [0.15, 0.2) is 5.82 Å². The first-order valence-electron chi connectivity index (χ1n) is 9.12. The number of hydrogen-bond acceptors (Lipinski definition) is 5. The van der Waals surface area contributed by atoms with Crippen molar-refractivity contribution in [3.63, 3.8) is 0 Å². The number of pyridine rings is 1. The van der Waals surface area contributed by atoms with Crippen LogP contribution in [0.25, 0.3) is 27.8 Å². The highest BCUT2D eigenvalue weighted by atomic mass is 32.1. The number of allylic oxidation sites excluding steroid dienone is 1. The van der Waals surface area contributed by atoms with E-state index in [2.05, 4.69) is 31.3 Å². The van der Waals surface area contributed by atoms with E-state index in [0.29, 0.717) is 23.8 Å². The van der Waals surface area contributed by atoms with Crippen LogP contribution in [0.2, 0.25) is 0 Å². The summed E-state index contributed by atoms with van der Waals surface area (Å²) in [7, 11) is 0. The van der Waals surface area contributed by atoms with E-state index in [-0.39, 0.29) is 5.91 Å². The predicted molar refractivity (Wildman–Crippen MR) is 110 cm³/mol. The van der Waals surface area contributed by atoms with Gasteiger partial charge in [0.1, 0.15) is 16.4 Å². The average Bonchev–Trinajstić information content (AvgIpc) is 3.35. The third-order valence-electron chi connectivity index (χ3n) is 4.61. The van der Waals surface area contributed by atoms with Crippen molar-refractivity contribution in [2.75, 3.05) is 0 Å². The van der Waals surface area contributed by atoms with E-state index in [1.165, 1.54) is 0 Å². The average molecular weight is 387 g/mol. The molecular formula is C21H17N5OS. The minimum absolute atomic E-state index is 0.225. The van der Waals surface area contributed by atoms with Crippen molar-refractivity contribution in [1.29, 1.82) is 0 Å². The summed E-state index contributed by atoms with van der Waals surface area (Å²) in [5, 5.41) is 3.78. The maximum absolute atomic E-state index is 12.6. The molecule has 138 valence electrons. The number of benzene rings is 1. The first kappa shape index (κ1) is 16.8. The van der Waals surface area contributed by atoms with Crippen molar-refractivity contribution < 1.29 is 4.79 Å². The number of rotatable bonds is 4. The molecule has 0 unspecified atom stereocenters. The molecule has 4 aromatic rings.